The Bertz CT molecular complexity index is 1460. The molecule has 1 fully saturated rings. The molecule has 1 amide bonds. The zero-order chi connectivity index (χ0) is 25.2. The lowest BCUT2D eigenvalue weighted by Crippen LogP contribution is -2.22. The zero-order valence-electron chi connectivity index (χ0n) is 18.5. The molecule has 1 aliphatic rings. The van der Waals surface area contributed by atoms with Crippen LogP contribution in [0.25, 0.3) is 10.9 Å². The van der Waals surface area contributed by atoms with E-state index >= 15 is 0 Å². The van der Waals surface area contributed by atoms with Gasteiger partial charge in [0.15, 0.2) is 0 Å². The number of pyridine rings is 1. The second-order valence-corrected chi connectivity index (χ2v) is 12.5. The molecule has 0 aliphatic carbocycles. The topological polar surface area (TPSA) is 121 Å². The van der Waals surface area contributed by atoms with E-state index in [1.165, 1.54) is 24.4 Å². The second-order valence-electron chi connectivity index (χ2n) is 7.69. The van der Waals surface area contributed by atoms with Crippen LogP contribution in [0.5, 0.6) is 5.75 Å². The van der Waals surface area contributed by atoms with Gasteiger partial charge in [-0.15, -0.1) is 0 Å². The van der Waals surface area contributed by atoms with Crippen LogP contribution in [0.15, 0.2) is 36.5 Å². The smallest absolute Gasteiger partial charge is 0.225 e. The monoisotopic (exact) mass is 534 g/mol. The third kappa shape index (κ3) is 5.45. The molecule has 2 aromatic carbocycles. The molecule has 1 aliphatic heterocycles. The van der Waals surface area contributed by atoms with Crippen molar-refractivity contribution in [3.8, 4) is 11.8 Å². The first kappa shape index (κ1) is 25.0. The van der Waals surface area contributed by atoms with E-state index in [1.807, 2.05) is 0 Å². The molecule has 1 atom stereocenters. The number of carbonyl (C=O) groups excluding carboxylic acids is 1. The molecule has 4 rings (SSSR count). The number of hydrogen-bond acceptors (Lipinski definition) is 8. The van der Waals surface area contributed by atoms with E-state index in [2.05, 4.69) is 21.7 Å². The summed E-state index contributed by atoms with van der Waals surface area (Å²) in [5.74, 6) is -0.229. The number of aromatic nitrogens is 1. The predicted octanol–water partition coefficient (Wildman–Crippen LogP) is 5.21. The van der Waals surface area contributed by atoms with Gasteiger partial charge in [0.1, 0.15) is 17.6 Å². The number of fused-ring (bicyclic) bond motifs is 1. The summed E-state index contributed by atoms with van der Waals surface area (Å²) in [6.07, 6.45) is 1.64. The molecule has 12 heteroatoms. The molecule has 0 bridgehead atoms. The average Bonchev–Trinajstić information content (AvgIpc) is 3.14. The molecule has 2 N–H and O–H groups in total. The fourth-order valence-electron chi connectivity index (χ4n) is 3.68. The van der Waals surface area contributed by atoms with E-state index in [9.17, 15) is 22.9 Å². The van der Waals surface area contributed by atoms with Crippen molar-refractivity contribution < 1.29 is 22.3 Å². The number of hydrogen-bond donors (Lipinski definition) is 2. The van der Waals surface area contributed by atoms with Gasteiger partial charge in [0.05, 0.1) is 39.3 Å². The summed E-state index contributed by atoms with van der Waals surface area (Å²) >= 11 is 5.90. The Kier molecular flexibility index (Phi) is 7.35. The van der Waals surface area contributed by atoms with Gasteiger partial charge >= 0.3 is 0 Å². The largest absolute Gasteiger partial charge is 0.492 e. The number of benzene rings is 2. The molecule has 35 heavy (non-hydrogen) atoms. The van der Waals surface area contributed by atoms with Crippen molar-refractivity contribution in [2.45, 2.75) is 25.0 Å². The Morgan fingerprint density at radius 3 is 2.83 bits per heavy atom. The van der Waals surface area contributed by atoms with E-state index in [0.29, 0.717) is 52.5 Å². The van der Waals surface area contributed by atoms with Gasteiger partial charge in [-0.05, 0) is 48.4 Å². The highest BCUT2D eigenvalue weighted by molar-refractivity contribution is 8.72. The van der Waals surface area contributed by atoms with Gasteiger partial charge in [-0.3, -0.25) is 9.78 Å². The highest BCUT2D eigenvalue weighted by Crippen LogP contribution is 2.37. The van der Waals surface area contributed by atoms with Gasteiger partial charge in [-0.1, -0.05) is 11.6 Å². The lowest BCUT2D eigenvalue weighted by molar-refractivity contribution is -0.116. The number of nitriles is 1. The van der Waals surface area contributed by atoms with Gasteiger partial charge < -0.3 is 15.4 Å². The first-order valence-electron chi connectivity index (χ1n) is 10.6. The fraction of sp³-hybridized carbons (Fsp3) is 0.261. The van der Waals surface area contributed by atoms with E-state index in [1.54, 1.807) is 19.1 Å². The van der Waals surface area contributed by atoms with Crippen LogP contribution in [-0.4, -0.2) is 36.9 Å². The molecule has 0 radical (unpaired) electrons. The molecule has 8 nitrogen and oxygen atoms in total. The summed E-state index contributed by atoms with van der Waals surface area (Å²) in [4.78, 5) is 17.1. The molecular weight excluding hydrogens is 515 g/mol. The minimum absolute atomic E-state index is 0.0847. The summed E-state index contributed by atoms with van der Waals surface area (Å²) in [6.45, 7) is 2.10. The summed E-state index contributed by atoms with van der Waals surface area (Å²) in [7, 11) is -2.49. The Hall–Kier alpha value is -3.07. The Morgan fingerprint density at radius 1 is 1.37 bits per heavy atom. The number of nitrogens with one attached hydrogen (secondary N) is 2. The van der Waals surface area contributed by atoms with Crippen molar-refractivity contribution >= 4 is 65.1 Å². The summed E-state index contributed by atoms with van der Waals surface area (Å²) in [5.41, 5.74) is 1.84. The van der Waals surface area contributed by atoms with Crippen molar-refractivity contribution in [1.29, 1.82) is 5.26 Å². The average molecular weight is 535 g/mol. The van der Waals surface area contributed by atoms with Crippen LogP contribution in [-0.2, 0) is 13.7 Å². The fourth-order valence-corrected chi connectivity index (χ4v) is 7.63. The summed E-state index contributed by atoms with van der Waals surface area (Å²) in [5, 5.41) is 15.2. The van der Waals surface area contributed by atoms with Crippen molar-refractivity contribution in [3.05, 3.63) is 52.9 Å². The number of amides is 1. The first-order valence-corrected chi connectivity index (χ1v) is 14.0. The van der Waals surface area contributed by atoms with Crippen molar-refractivity contribution in [2.24, 2.45) is 0 Å². The zero-order valence-corrected chi connectivity index (χ0v) is 20.9. The molecule has 182 valence electrons. The van der Waals surface area contributed by atoms with E-state index < -0.39 is 25.8 Å². The lowest BCUT2D eigenvalue weighted by atomic mass is 10.1. The summed E-state index contributed by atoms with van der Waals surface area (Å²) in [6, 6.07) is 9.38. The number of anilines is 3. The molecular formula is C23H20ClFN4O4S2. The lowest BCUT2D eigenvalue weighted by Gasteiger charge is -2.17. The Morgan fingerprint density at radius 2 is 2.17 bits per heavy atom. The number of rotatable bonds is 7. The minimum Gasteiger partial charge on any atom is -0.492 e. The maximum absolute atomic E-state index is 13.6. The molecule has 1 saturated heterocycles. The van der Waals surface area contributed by atoms with Crippen LogP contribution < -0.4 is 15.4 Å². The first-order chi connectivity index (χ1) is 16.7. The van der Waals surface area contributed by atoms with Crippen LogP contribution in [0.2, 0.25) is 5.02 Å². The third-order valence-corrected chi connectivity index (χ3v) is 9.90. The van der Waals surface area contributed by atoms with Crippen molar-refractivity contribution in [2.75, 3.05) is 23.0 Å². The predicted molar refractivity (Wildman–Crippen MR) is 135 cm³/mol. The minimum atomic E-state index is -3.36. The molecule has 3 aromatic rings. The van der Waals surface area contributed by atoms with E-state index in [4.69, 9.17) is 16.3 Å². The molecule has 0 spiro atoms. The third-order valence-electron chi connectivity index (χ3n) is 5.36. The van der Waals surface area contributed by atoms with Crippen LogP contribution in [0.3, 0.4) is 0 Å². The Labute approximate surface area is 210 Å². The Balaban J connectivity index is 1.74. The maximum atomic E-state index is 13.6. The van der Waals surface area contributed by atoms with Gasteiger partial charge in [0, 0.05) is 35.5 Å². The van der Waals surface area contributed by atoms with Gasteiger partial charge in [0.25, 0.3) is 0 Å². The SMILES string of the molecule is CCOc1cc2ncc(C#N)c(Nc3ccc(F)c(Cl)c3)c2cc1NC(=O)CC1CCSS1(=O)=O. The molecule has 0 saturated carbocycles. The number of halogens is 2. The highest BCUT2D eigenvalue weighted by atomic mass is 35.5. The van der Waals surface area contributed by atoms with Crippen LogP contribution in [0.4, 0.5) is 21.5 Å². The number of carbonyl (C=O) groups is 1. The normalized spacial score (nSPS) is 16.6. The summed E-state index contributed by atoms with van der Waals surface area (Å²) < 4.78 is 43.5. The van der Waals surface area contributed by atoms with Gasteiger partial charge in [-0.25, -0.2) is 12.8 Å². The number of nitrogens with zero attached hydrogens (tertiary/aromatic N) is 2. The second kappa shape index (κ2) is 10.3. The quantitative estimate of drug-likeness (QED) is 0.396. The van der Waals surface area contributed by atoms with Crippen molar-refractivity contribution in [1.82, 2.24) is 4.98 Å². The van der Waals surface area contributed by atoms with Crippen molar-refractivity contribution in [3.63, 3.8) is 0 Å². The molecule has 2 heterocycles. The highest BCUT2D eigenvalue weighted by Gasteiger charge is 2.34. The van der Waals surface area contributed by atoms with Gasteiger partial charge in [0.2, 0.25) is 14.8 Å². The van der Waals surface area contributed by atoms with Crippen LogP contribution in [0, 0.1) is 17.1 Å². The maximum Gasteiger partial charge on any atom is 0.225 e. The van der Waals surface area contributed by atoms with Crippen LogP contribution in [0.1, 0.15) is 25.3 Å². The number of ether oxygens (including phenoxy) is 1. The van der Waals surface area contributed by atoms with Gasteiger partial charge in [-0.2, -0.15) is 5.26 Å². The standard InChI is InChI=1S/C23H20ClFN4O4S2/c1-2-33-21-10-19-16(9-20(21)29-22(30)8-15-5-6-34-35(15,31)32)23(13(11-26)12-27-19)28-14-3-4-18(25)17(24)7-14/h3-4,7,9-10,12,15H,2,5-6,8H2,1H3,(H,27,28)(H,29,30). The molecule has 1 aromatic heterocycles. The van der Waals surface area contributed by atoms with E-state index in [0.717, 1.165) is 10.8 Å². The van der Waals surface area contributed by atoms with E-state index in [-0.39, 0.29) is 17.0 Å². The molecule has 1 unspecified atom stereocenters. The van der Waals surface area contributed by atoms with Crippen LogP contribution >= 0.6 is 22.4 Å².